The fourth-order valence-corrected chi connectivity index (χ4v) is 1.30. The second-order valence-corrected chi connectivity index (χ2v) is 3.55. The zero-order valence-corrected chi connectivity index (χ0v) is 9.99. The molecule has 0 heterocycles. The van der Waals surface area contributed by atoms with Crippen LogP contribution in [-0.2, 0) is 9.59 Å². The van der Waals surface area contributed by atoms with E-state index in [9.17, 15) is 9.59 Å². The molecule has 88 valence electrons. The van der Waals surface area contributed by atoms with Gasteiger partial charge in [0.25, 0.3) is 0 Å². The Balaban J connectivity index is 4.23. The Bertz CT molecular complexity index is 225. The van der Waals surface area contributed by atoms with Gasteiger partial charge in [-0.1, -0.05) is 0 Å². The highest BCUT2D eigenvalue weighted by atomic mass is 16.2. The molecule has 5 heteroatoms. The van der Waals surface area contributed by atoms with E-state index in [4.69, 9.17) is 5.73 Å². The van der Waals surface area contributed by atoms with Crippen LogP contribution < -0.4 is 5.73 Å². The summed E-state index contributed by atoms with van der Waals surface area (Å²) in [6.45, 7) is 6.86. The number of carbonyl (C=O) groups excluding carboxylic acids is 2. The molecule has 0 aliphatic rings. The van der Waals surface area contributed by atoms with E-state index in [1.54, 1.807) is 18.9 Å². The lowest BCUT2D eigenvalue weighted by Crippen LogP contribution is -2.45. The van der Waals surface area contributed by atoms with E-state index in [1.165, 1.54) is 4.90 Å². The summed E-state index contributed by atoms with van der Waals surface area (Å²) in [5.74, 6) is -0.257. The topological polar surface area (TPSA) is 66.6 Å². The Kier molecular flexibility index (Phi) is 5.93. The van der Waals surface area contributed by atoms with Gasteiger partial charge in [-0.25, -0.2) is 0 Å². The maximum absolute atomic E-state index is 11.6. The van der Waals surface area contributed by atoms with Gasteiger partial charge in [-0.3, -0.25) is 9.59 Å². The molecular weight excluding hydrogens is 194 g/mol. The monoisotopic (exact) mass is 215 g/mol. The number of amides is 2. The highest BCUT2D eigenvalue weighted by Gasteiger charge is 2.18. The smallest absolute Gasteiger partial charge is 0.242 e. The minimum Gasteiger partial charge on any atom is -0.342 e. The minimum atomic E-state index is -0.556. The van der Waals surface area contributed by atoms with Crippen molar-refractivity contribution in [1.29, 1.82) is 0 Å². The van der Waals surface area contributed by atoms with Crippen molar-refractivity contribution >= 4 is 11.8 Å². The van der Waals surface area contributed by atoms with E-state index in [0.29, 0.717) is 13.1 Å². The molecule has 0 aromatic rings. The summed E-state index contributed by atoms with van der Waals surface area (Å²) >= 11 is 0. The Hall–Kier alpha value is -1.10. The molecule has 0 bridgehead atoms. The van der Waals surface area contributed by atoms with Crippen molar-refractivity contribution in [3.63, 3.8) is 0 Å². The van der Waals surface area contributed by atoms with Gasteiger partial charge in [-0.2, -0.15) is 0 Å². The molecule has 2 N–H and O–H groups in total. The Morgan fingerprint density at radius 1 is 1.27 bits per heavy atom. The van der Waals surface area contributed by atoms with Crippen LogP contribution in [0.3, 0.4) is 0 Å². The van der Waals surface area contributed by atoms with Crippen LogP contribution in [0.25, 0.3) is 0 Å². The molecule has 5 nitrogen and oxygen atoms in total. The SMILES string of the molecule is CCN(CC)C(=O)CN(C)C(=O)C(C)N. The van der Waals surface area contributed by atoms with Crippen LogP contribution in [-0.4, -0.2) is 54.3 Å². The molecule has 1 unspecified atom stereocenters. The highest BCUT2D eigenvalue weighted by molar-refractivity contribution is 5.86. The van der Waals surface area contributed by atoms with Crippen LogP contribution in [0.1, 0.15) is 20.8 Å². The number of likely N-dealkylation sites (N-methyl/N-ethyl adjacent to an activating group) is 2. The number of nitrogens with zero attached hydrogens (tertiary/aromatic N) is 2. The second kappa shape index (κ2) is 6.40. The summed E-state index contributed by atoms with van der Waals surface area (Å²) in [5, 5.41) is 0. The van der Waals surface area contributed by atoms with Crippen LogP contribution >= 0.6 is 0 Å². The average molecular weight is 215 g/mol. The zero-order chi connectivity index (χ0) is 12.0. The molecule has 15 heavy (non-hydrogen) atoms. The van der Waals surface area contributed by atoms with Crippen molar-refractivity contribution in [2.24, 2.45) is 5.73 Å². The second-order valence-electron chi connectivity index (χ2n) is 3.55. The maximum Gasteiger partial charge on any atom is 0.242 e. The highest BCUT2D eigenvalue weighted by Crippen LogP contribution is 1.94. The predicted octanol–water partition coefficient (Wildman–Crippen LogP) is -0.340. The number of hydrogen-bond acceptors (Lipinski definition) is 3. The summed E-state index contributed by atoms with van der Waals surface area (Å²) in [4.78, 5) is 26.1. The molecule has 0 aromatic carbocycles. The van der Waals surface area contributed by atoms with Crippen LogP contribution in [0, 0.1) is 0 Å². The van der Waals surface area contributed by atoms with E-state index in [1.807, 2.05) is 13.8 Å². The molecule has 0 rings (SSSR count). The summed E-state index contributed by atoms with van der Waals surface area (Å²) in [6, 6.07) is -0.556. The first-order chi connectivity index (χ1) is 6.93. The van der Waals surface area contributed by atoms with E-state index in [0.717, 1.165) is 0 Å². The number of carbonyl (C=O) groups is 2. The summed E-state index contributed by atoms with van der Waals surface area (Å²) in [6.07, 6.45) is 0. The summed E-state index contributed by atoms with van der Waals surface area (Å²) in [7, 11) is 1.59. The van der Waals surface area contributed by atoms with Gasteiger partial charge < -0.3 is 15.5 Å². The standard InChI is InChI=1S/C10H21N3O2/c1-5-13(6-2)9(14)7-12(4)10(15)8(3)11/h8H,5-7,11H2,1-4H3. The molecule has 2 amide bonds. The van der Waals surface area contributed by atoms with Gasteiger partial charge in [0.1, 0.15) is 0 Å². The lowest BCUT2D eigenvalue weighted by Gasteiger charge is -2.24. The molecule has 1 atom stereocenters. The van der Waals surface area contributed by atoms with Gasteiger partial charge in [0.15, 0.2) is 0 Å². The van der Waals surface area contributed by atoms with E-state index < -0.39 is 6.04 Å². The number of rotatable bonds is 5. The summed E-state index contributed by atoms with van der Waals surface area (Å²) in [5.41, 5.74) is 5.44. The van der Waals surface area contributed by atoms with Crippen LogP contribution in [0.5, 0.6) is 0 Å². The van der Waals surface area contributed by atoms with E-state index in [2.05, 4.69) is 0 Å². The first-order valence-corrected chi connectivity index (χ1v) is 5.22. The Morgan fingerprint density at radius 2 is 1.73 bits per heavy atom. The molecule has 0 aromatic heterocycles. The fourth-order valence-electron chi connectivity index (χ4n) is 1.30. The molecule has 0 spiro atoms. The first-order valence-electron chi connectivity index (χ1n) is 5.22. The van der Waals surface area contributed by atoms with Crippen LogP contribution in [0.2, 0.25) is 0 Å². The van der Waals surface area contributed by atoms with Gasteiger partial charge in [-0.05, 0) is 20.8 Å². The van der Waals surface area contributed by atoms with Crippen LogP contribution in [0.4, 0.5) is 0 Å². The molecule has 0 radical (unpaired) electrons. The first kappa shape index (κ1) is 13.9. The van der Waals surface area contributed by atoms with Crippen molar-refractivity contribution in [1.82, 2.24) is 9.80 Å². The van der Waals surface area contributed by atoms with Crippen molar-refractivity contribution in [3.8, 4) is 0 Å². The van der Waals surface area contributed by atoms with E-state index in [-0.39, 0.29) is 18.4 Å². The van der Waals surface area contributed by atoms with Gasteiger partial charge in [-0.15, -0.1) is 0 Å². The molecule has 0 saturated carbocycles. The molecule has 0 aliphatic heterocycles. The van der Waals surface area contributed by atoms with Crippen LogP contribution in [0.15, 0.2) is 0 Å². The van der Waals surface area contributed by atoms with E-state index >= 15 is 0 Å². The van der Waals surface area contributed by atoms with Crippen molar-refractivity contribution < 1.29 is 9.59 Å². The number of nitrogens with two attached hydrogens (primary N) is 1. The Labute approximate surface area is 91.2 Å². The largest absolute Gasteiger partial charge is 0.342 e. The van der Waals surface area contributed by atoms with Crippen molar-refractivity contribution in [2.75, 3.05) is 26.7 Å². The predicted molar refractivity (Wildman–Crippen MR) is 59.2 cm³/mol. The van der Waals surface area contributed by atoms with Gasteiger partial charge in [0.05, 0.1) is 12.6 Å². The van der Waals surface area contributed by atoms with Gasteiger partial charge in [0, 0.05) is 20.1 Å². The molecule has 0 saturated heterocycles. The lowest BCUT2D eigenvalue weighted by molar-refractivity contribution is -0.139. The van der Waals surface area contributed by atoms with Crippen molar-refractivity contribution in [3.05, 3.63) is 0 Å². The minimum absolute atomic E-state index is 0.0449. The molecule has 0 aliphatic carbocycles. The molecular formula is C10H21N3O2. The maximum atomic E-state index is 11.6. The fraction of sp³-hybridized carbons (Fsp3) is 0.800. The third-order valence-corrected chi connectivity index (χ3v) is 2.25. The third-order valence-electron chi connectivity index (χ3n) is 2.25. The average Bonchev–Trinajstić information content (AvgIpc) is 2.18. The van der Waals surface area contributed by atoms with Crippen molar-refractivity contribution in [2.45, 2.75) is 26.8 Å². The third kappa shape index (κ3) is 4.29. The quantitative estimate of drug-likeness (QED) is 0.682. The lowest BCUT2D eigenvalue weighted by atomic mass is 10.3. The number of hydrogen-bond donors (Lipinski definition) is 1. The normalized spacial score (nSPS) is 12.1. The van der Waals surface area contributed by atoms with Gasteiger partial charge >= 0.3 is 0 Å². The molecule has 0 fully saturated rings. The van der Waals surface area contributed by atoms with Gasteiger partial charge in [0.2, 0.25) is 11.8 Å². The zero-order valence-electron chi connectivity index (χ0n) is 9.99. The summed E-state index contributed by atoms with van der Waals surface area (Å²) < 4.78 is 0. The Morgan fingerprint density at radius 3 is 2.07 bits per heavy atom.